The van der Waals surface area contributed by atoms with Crippen LogP contribution in [0.2, 0.25) is 0 Å². The van der Waals surface area contributed by atoms with Crippen LogP contribution in [-0.4, -0.2) is 16.5 Å². The fourth-order valence-electron chi connectivity index (χ4n) is 1.89. The Morgan fingerprint density at radius 1 is 1.27 bits per heavy atom. The predicted molar refractivity (Wildman–Crippen MR) is 90.5 cm³/mol. The van der Waals surface area contributed by atoms with Crippen molar-refractivity contribution in [3.05, 3.63) is 64.1 Å². The highest BCUT2D eigenvalue weighted by Gasteiger charge is 2.11. The van der Waals surface area contributed by atoms with Crippen LogP contribution in [0, 0.1) is 6.92 Å². The molecule has 5 nitrogen and oxygen atoms in total. The maximum absolute atomic E-state index is 12.3. The van der Waals surface area contributed by atoms with Gasteiger partial charge in [0, 0.05) is 6.20 Å². The smallest absolute Gasteiger partial charge is 0.274 e. The number of aryl methyl sites for hydroxylation is 1. The van der Waals surface area contributed by atoms with Crippen LogP contribution in [0.15, 0.2) is 47.4 Å². The molecule has 118 valence electrons. The molecule has 0 spiro atoms. The van der Waals surface area contributed by atoms with Crippen LogP contribution >= 0.6 is 12.4 Å². The Balaban J connectivity index is 0.00000242. The van der Waals surface area contributed by atoms with Crippen LogP contribution in [0.1, 0.15) is 18.1 Å². The molecule has 1 unspecified atom stereocenters. The highest BCUT2D eigenvalue weighted by molar-refractivity contribution is 5.94. The fraction of sp³-hybridized carbons (Fsp3) is 0.250. The second-order valence-electron chi connectivity index (χ2n) is 5.12. The van der Waals surface area contributed by atoms with Crippen molar-refractivity contribution >= 4 is 24.0 Å². The molecule has 0 aliphatic carbocycles. The molecule has 2 rings (SSSR count). The minimum Gasteiger partial charge on any atom is -0.320 e. The van der Waals surface area contributed by atoms with Crippen molar-refractivity contribution in [2.75, 3.05) is 5.32 Å². The third kappa shape index (κ3) is 4.44. The summed E-state index contributed by atoms with van der Waals surface area (Å²) < 4.78 is 1.56. The van der Waals surface area contributed by atoms with E-state index in [4.69, 9.17) is 5.73 Å². The average Bonchev–Trinajstić information content (AvgIpc) is 2.45. The molecular formula is C16H20ClN3O2. The maximum Gasteiger partial charge on any atom is 0.274 e. The first kappa shape index (κ1) is 17.9. The van der Waals surface area contributed by atoms with Crippen molar-refractivity contribution in [1.29, 1.82) is 0 Å². The molecule has 0 saturated carbocycles. The molecule has 0 saturated heterocycles. The van der Waals surface area contributed by atoms with Gasteiger partial charge in [-0.3, -0.25) is 9.59 Å². The number of halogens is 1. The van der Waals surface area contributed by atoms with Gasteiger partial charge in [-0.15, -0.1) is 12.4 Å². The zero-order valence-corrected chi connectivity index (χ0v) is 13.4. The van der Waals surface area contributed by atoms with E-state index in [1.54, 1.807) is 29.8 Å². The van der Waals surface area contributed by atoms with Crippen molar-refractivity contribution in [1.82, 2.24) is 4.57 Å². The normalized spacial score (nSPS) is 11.4. The minimum atomic E-state index is -0.657. The third-order valence-electron chi connectivity index (χ3n) is 3.17. The monoisotopic (exact) mass is 321 g/mol. The molecule has 3 N–H and O–H groups in total. The quantitative estimate of drug-likeness (QED) is 0.903. The first-order valence-electron chi connectivity index (χ1n) is 6.79. The zero-order chi connectivity index (χ0) is 15.4. The Morgan fingerprint density at radius 3 is 2.50 bits per heavy atom. The van der Waals surface area contributed by atoms with E-state index in [0.29, 0.717) is 6.54 Å². The van der Waals surface area contributed by atoms with Gasteiger partial charge in [-0.05, 0) is 31.5 Å². The maximum atomic E-state index is 12.3. The molecule has 22 heavy (non-hydrogen) atoms. The summed E-state index contributed by atoms with van der Waals surface area (Å²) in [5, 5.41) is 2.55. The lowest BCUT2D eigenvalue weighted by molar-refractivity contribution is -0.117. The van der Waals surface area contributed by atoms with Gasteiger partial charge in [0.1, 0.15) is 5.69 Å². The first-order valence-corrected chi connectivity index (χ1v) is 6.79. The molecule has 2 aromatic rings. The number of carbonyl (C=O) groups excluding carboxylic acids is 1. The van der Waals surface area contributed by atoms with E-state index < -0.39 is 6.04 Å². The molecule has 0 bridgehead atoms. The molecule has 1 heterocycles. The van der Waals surface area contributed by atoms with Gasteiger partial charge in [0.15, 0.2) is 0 Å². The lowest BCUT2D eigenvalue weighted by atomic mass is 10.1. The number of hydrogen-bond donors (Lipinski definition) is 2. The summed E-state index contributed by atoms with van der Waals surface area (Å²) >= 11 is 0. The Morgan fingerprint density at radius 2 is 1.91 bits per heavy atom. The highest BCUT2D eigenvalue weighted by Crippen LogP contribution is 2.06. The van der Waals surface area contributed by atoms with Crippen LogP contribution in [0.3, 0.4) is 0 Å². The number of carbonyl (C=O) groups is 1. The Kier molecular flexibility index (Phi) is 6.34. The fourth-order valence-corrected chi connectivity index (χ4v) is 1.89. The van der Waals surface area contributed by atoms with Crippen LogP contribution in [-0.2, 0) is 11.3 Å². The summed E-state index contributed by atoms with van der Waals surface area (Å²) in [6.45, 7) is 4.05. The number of nitrogens with two attached hydrogens (primary N) is 1. The van der Waals surface area contributed by atoms with E-state index in [0.717, 1.165) is 5.56 Å². The molecule has 0 radical (unpaired) electrons. The third-order valence-corrected chi connectivity index (χ3v) is 3.17. The van der Waals surface area contributed by atoms with E-state index in [1.165, 1.54) is 5.56 Å². The van der Waals surface area contributed by atoms with E-state index in [2.05, 4.69) is 5.32 Å². The van der Waals surface area contributed by atoms with Crippen molar-refractivity contribution in [2.45, 2.75) is 26.4 Å². The molecular weight excluding hydrogens is 302 g/mol. The number of benzene rings is 1. The minimum absolute atomic E-state index is 0. The second kappa shape index (κ2) is 7.77. The van der Waals surface area contributed by atoms with Crippen LogP contribution in [0.25, 0.3) is 0 Å². The number of aromatic nitrogens is 1. The molecule has 1 aromatic carbocycles. The van der Waals surface area contributed by atoms with Gasteiger partial charge in [-0.2, -0.15) is 0 Å². The van der Waals surface area contributed by atoms with Crippen molar-refractivity contribution in [2.24, 2.45) is 5.73 Å². The molecule has 0 fully saturated rings. The Labute approximate surface area is 135 Å². The molecule has 0 aliphatic heterocycles. The molecule has 0 aliphatic rings. The lowest BCUT2D eigenvalue weighted by Crippen LogP contribution is -2.35. The van der Waals surface area contributed by atoms with Crippen LogP contribution in [0.5, 0.6) is 0 Å². The number of rotatable bonds is 4. The summed E-state index contributed by atoms with van der Waals surface area (Å²) in [5.74, 6) is -0.375. The van der Waals surface area contributed by atoms with E-state index >= 15 is 0 Å². The largest absolute Gasteiger partial charge is 0.320 e. The van der Waals surface area contributed by atoms with Gasteiger partial charge >= 0.3 is 0 Å². The molecule has 1 aromatic heterocycles. The van der Waals surface area contributed by atoms with Gasteiger partial charge in [0.2, 0.25) is 5.91 Å². The van der Waals surface area contributed by atoms with Gasteiger partial charge < -0.3 is 15.6 Å². The van der Waals surface area contributed by atoms with Crippen molar-refractivity contribution in [3.8, 4) is 0 Å². The van der Waals surface area contributed by atoms with Gasteiger partial charge in [-0.25, -0.2) is 0 Å². The summed E-state index contributed by atoms with van der Waals surface area (Å²) in [4.78, 5) is 23.9. The summed E-state index contributed by atoms with van der Waals surface area (Å²) in [5.41, 5.74) is 7.68. The molecule has 1 amide bonds. The van der Waals surface area contributed by atoms with Crippen LogP contribution in [0.4, 0.5) is 5.69 Å². The van der Waals surface area contributed by atoms with E-state index in [9.17, 15) is 9.59 Å². The summed E-state index contributed by atoms with van der Waals surface area (Å²) in [6, 6.07) is 10.6. The number of pyridine rings is 1. The van der Waals surface area contributed by atoms with E-state index in [1.807, 2.05) is 31.2 Å². The lowest BCUT2D eigenvalue weighted by Gasteiger charge is -2.10. The number of anilines is 1. The van der Waals surface area contributed by atoms with E-state index in [-0.39, 0.29) is 29.6 Å². The topological polar surface area (TPSA) is 77.1 Å². The molecule has 1 atom stereocenters. The summed E-state index contributed by atoms with van der Waals surface area (Å²) in [6.07, 6.45) is 1.70. The number of amides is 1. The highest BCUT2D eigenvalue weighted by atomic mass is 35.5. The number of nitrogens with one attached hydrogen (secondary N) is 1. The Bertz CT molecular complexity index is 693. The van der Waals surface area contributed by atoms with Gasteiger partial charge in [0.25, 0.3) is 5.56 Å². The van der Waals surface area contributed by atoms with Crippen molar-refractivity contribution in [3.63, 3.8) is 0 Å². The van der Waals surface area contributed by atoms with Gasteiger partial charge in [-0.1, -0.05) is 29.8 Å². The summed E-state index contributed by atoms with van der Waals surface area (Å²) in [7, 11) is 0. The Hall–Kier alpha value is -2.11. The molecule has 6 heteroatoms. The average molecular weight is 322 g/mol. The predicted octanol–water partition coefficient (Wildman–Crippen LogP) is 1.91. The zero-order valence-electron chi connectivity index (χ0n) is 12.6. The van der Waals surface area contributed by atoms with Crippen LogP contribution < -0.4 is 16.6 Å². The second-order valence-corrected chi connectivity index (χ2v) is 5.12. The van der Waals surface area contributed by atoms with Crippen molar-refractivity contribution < 1.29 is 4.79 Å². The number of hydrogen-bond acceptors (Lipinski definition) is 3. The SMILES string of the molecule is Cc1ccc(Cn2cccc(NC(=O)C(C)N)c2=O)cc1.Cl. The number of nitrogens with zero attached hydrogens (tertiary/aromatic N) is 1. The standard InChI is InChI=1S/C16H19N3O2.ClH/c1-11-5-7-13(8-6-11)10-19-9-3-4-14(16(19)21)18-15(20)12(2)17;/h3-9,12H,10,17H2,1-2H3,(H,18,20);1H. The first-order chi connectivity index (χ1) is 9.97. The van der Waals surface area contributed by atoms with Gasteiger partial charge in [0.05, 0.1) is 12.6 Å².